The van der Waals surface area contributed by atoms with Crippen molar-refractivity contribution >= 4 is 46.4 Å². The van der Waals surface area contributed by atoms with E-state index in [1.54, 1.807) is 24.4 Å². The Bertz CT molecular complexity index is 939. The number of para-hydroxylation sites is 1. The van der Waals surface area contributed by atoms with E-state index in [-0.39, 0.29) is 23.9 Å². The number of hydrogen-bond donors (Lipinski definition) is 2. The van der Waals surface area contributed by atoms with Gasteiger partial charge in [0.25, 0.3) is 5.91 Å². The van der Waals surface area contributed by atoms with Gasteiger partial charge in [0.05, 0.1) is 15.7 Å². The third kappa shape index (κ3) is 4.22. The zero-order chi connectivity index (χ0) is 18.7. The van der Waals surface area contributed by atoms with Crippen molar-refractivity contribution in [2.75, 3.05) is 5.32 Å². The number of benzene rings is 2. The highest BCUT2D eigenvalue weighted by Crippen LogP contribution is 2.32. The van der Waals surface area contributed by atoms with Gasteiger partial charge in [0.1, 0.15) is 5.75 Å². The molecule has 1 amide bonds. The zero-order valence-corrected chi connectivity index (χ0v) is 15.4. The van der Waals surface area contributed by atoms with Crippen LogP contribution in [-0.4, -0.2) is 20.8 Å². The highest BCUT2D eigenvalue weighted by Gasteiger charge is 2.13. The number of aromatic nitrogens is 2. The molecule has 1 aromatic heterocycles. The second-order valence-corrected chi connectivity index (χ2v) is 6.43. The maximum atomic E-state index is 12.2. The first-order valence-electron chi connectivity index (χ1n) is 7.34. The molecule has 0 saturated carbocycles. The summed E-state index contributed by atoms with van der Waals surface area (Å²) in [6.07, 6.45) is 1.57. The van der Waals surface area contributed by atoms with E-state index in [4.69, 9.17) is 39.5 Å². The summed E-state index contributed by atoms with van der Waals surface area (Å²) < 4.78 is 6.96. The monoisotopic (exact) mass is 411 g/mol. The predicted octanol–water partition coefficient (Wildman–Crippen LogP) is 4.84. The van der Waals surface area contributed by atoms with Crippen molar-refractivity contribution in [2.24, 2.45) is 0 Å². The summed E-state index contributed by atoms with van der Waals surface area (Å²) in [6, 6.07) is 10.9. The maximum Gasteiger partial charge on any atom is 0.276 e. The van der Waals surface area contributed by atoms with Crippen LogP contribution in [0.15, 0.2) is 48.7 Å². The number of phenols is 1. The quantitative estimate of drug-likeness (QED) is 0.588. The fourth-order valence-corrected chi connectivity index (χ4v) is 2.78. The molecular weight excluding hydrogens is 401 g/mol. The molecule has 26 heavy (non-hydrogen) atoms. The second-order valence-electron chi connectivity index (χ2n) is 5.18. The van der Waals surface area contributed by atoms with Gasteiger partial charge in [0, 0.05) is 11.2 Å². The molecule has 0 atom stereocenters. The minimum absolute atomic E-state index is 0.0130. The number of anilines is 1. The van der Waals surface area contributed by atoms with Crippen LogP contribution in [0.5, 0.6) is 11.5 Å². The number of phenolic OH excluding ortho intramolecular Hbond substituents is 1. The van der Waals surface area contributed by atoms with Crippen molar-refractivity contribution in [3.05, 3.63) is 69.4 Å². The molecular formula is C17H12Cl3N3O3. The number of amides is 1. The third-order valence-corrected chi connectivity index (χ3v) is 4.17. The van der Waals surface area contributed by atoms with Crippen LogP contribution in [0.25, 0.3) is 0 Å². The molecule has 3 aromatic rings. The number of nitrogens with one attached hydrogen (secondary N) is 1. The topological polar surface area (TPSA) is 76.4 Å². The van der Waals surface area contributed by atoms with Gasteiger partial charge in [-0.05, 0) is 36.4 Å². The summed E-state index contributed by atoms with van der Waals surface area (Å²) in [5.74, 6) is -0.267. The Morgan fingerprint density at radius 2 is 1.88 bits per heavy atom. The molecule has 6 nitrogen and oxygen atoms in total. The van der Waals surface area contributed by atoms with Gasteiger partial charge in [-0.1, -0.05) is 40.9 Å². The van der Waals surface area contributed by atoms with Gasteiger partial charge in [-0.25, -0.2) is 4.68 Å². The van der Waals surface area contributed by atoms with Crippen molar-refractivity contribution in [3.8, 4) is 11.5 Å². The van der Waals surface area contributed by atoms with Crippen molar-refractivity contribution < 1.29 is 14.6 Å². The second kappa shape index (κ2) is 7.86. The van der Waals surface area contributed by atoms with Crippen molar-refractivity contribution in [1.82, 2.24) is 9.78 Å². The Morgan fingerprint density at radius 3 is 2.62 bits per heavy atom. The average Bonchev–Trinajstić information content (AvgIpc) is 3.07. The summed E-state index contributed by atoms with van der Waals surface area (Å²) in [5.41, 5.74) is 0.328. The normalized spacial score (nSPS) is 10.6. The molecule has 0 radical (unpaired) electrons. The Hall–Kier alpha value is -2.41. The van der Waals surface area contributed by atoms with Gasteiger partial charge in [-0.2, -0.15) is 5.10 Å². The minimum atomic E-state index is -0.503. The fraction of sp³-hybridized carbons (Fsp3) is 0.0588. The van der Waals surface area contributed by atoms with Gasteiger partial charge >= 0.3 is 0 Å². The number of hydrogen-bond acceptors (Lipinski definition) is 4. The number of aromatic hydroxyl groups is 1. The summed E-state index contributed by atoms with van der Waals surface area (Å²) in [7, 11) is 0. The Balaban J connectivity index is 1.67. The first-order chi connectivity index (χ1) is 12.4. The van der Waals surface area contributed by atoms with Crippen LogP contribution in [-0.2, 0) is 6.73 Å². The molecule has 0 saturated heterocycles. The highest BCUT2D eigenvalue weighted by molar-refractivity contribution is 6.37. The number of rotatable bonds is 5. The first-order valence-corrected chi connectivity index (χ1v) is 8.47. The molecule has 0 fully saturated rings. The molecule has 9 heteroatoms. The summed E-state index contributed by atoms with van der Waals surface area (Å²) >= 11 is 17.9. The lowest BCUT2D eigenvalue weighted by Gasteiger charge is -2.09. The zero-order valence-electron chi connectivity index (χ0n) is 13.1. The molecule has 3 rings (SSSR count). The number of nitrogens with zero attached hydrogens (tertiary/aromatic N) is 2. The van der Waals surface area contributed by atoms with Crippen LogP contribution in [0.4, 0.5) is 5.69 Å². The van der Waals surface area contributed by atoms with Crippen LogP contribution < -0.4 is 10.1 Å². The maximum absolute atomic E-state index is 12.2. The van der Waals surface area contributed by atoms with Gasteiger partial charge < -0.3 is 15.2 Å². The predicted molar refractivity (Wildman–Crippen MR) is 100 cm³/mol. The number of halogens is 3. The van der Waals surface area contributed by atoms with Crippen molar-refractivity contribution in [1.29, 1.82) is 0 Å². The Kier molecular flexibility index (Phi) is 5.56. The van der Waals surface area contributed by atoms with Gasteiger partial charge in [-0.3, -0.25) is 4.79 Å². The number of carbonyl (C=O) groups excluding carboxylic acids is 1. The molecule has 0 aliphatic heterocycles. The van der Waals surface area contributed by atoms with E-state index < -0.39 is 5.91 Å². The Labute approximate surface area is 163 Å². The third-order valence-electron chi connectivity index (χ3n) is 3.34. The molecule has 1 heterocycles. The first kappa shape index (κ1) is 18.4. The molecule has 134 valence electrons. The van der Waals surface area contributed by atoms with E-state index in [9.17, 15) is 9.90 Å². The number of ether oxygens (including phenoxy) is 1. The molecule has 2 aromatic carbocycles. The van der Waals surface area contributed by atoms with E-state index in [0.29, 0.717) is 20.8 Å². The van der Waals surface area contributed by atoms with Crippen molar-refractivity contribution in [3.63, 3.8) is 0 Å². The lowest BCUT2D eigenvalue weighted by atomic mass is 10.3. The van der Waals surface area contributed by atoms with E-state index in [2.05, 4.69) is 10.4 Å². The SMILES string of the molecule is O=C(Nc1cc(Cl)ccc1O)c1ccn(COc2c(Cl)cccc2Cl)n1. The Morgan fingerprint density at radius 1 is 1.15 bits per heavy atom. The smallest absolute Gasteiger partial charge is 0.276 e. The number of carbonyl (C=O) groups is 1. The van der Waals surface area contributed by atoms with Gasteiger partial charge in [0.2, 0.25) is 0 Å². The lowest BCUT2D eigenvalue weighted by Crippen LogP contribution is -2.14. The summed E-state index contributed by atoms with van der Waals surface area (Å²) in [6.45, 7) is 0.0130. The molecule has 2 N–H and O–H groups in total. The molecule has 0 bridgehead atoms. The molecule has 0 aliphatic carbocycles. The van der Waals surface area contributed by atoms with Crippen molar-refractivity contribution in [2.45, 2.75) is 6.73 Å². The molecule has 0 spiro atoms. The summed E-state index contributed by atoms with van der Waals surface area (Å²) in [4.78, 5) is 12.2. The van der Waals surface area contributed by atoms with Crippen LogP contribution >= 0.6 is 34.8 Å². The minimum Gasteiger partial charge on any atom is -0.506 e. The lowest BCUT2D eigenvalue weighted by molar-refractivity contribution is 0.102. The van der Waals surface area contributed by atoms with E-state index in [1.165, 1.54) is 28.9 Å². The standard InChI is InChI=1S/C17H12Cl3N3O3/c18-10-4-5-15(24)14(8-10)21-17(25)13-6-7-23(22-13)9-26-16-11(19)2-1-3-12(16)20/h1-8,24H,9H2,(H,21,25). The van der Waals surface area contributed by atoms with E-state index in [1.807, 2.05) is 0 Å². The van der Waals surface area contributed by atoms with Crippen LogP contribution in [0.3, 0.4) is 0 Å². The van der Waals surface area contributed by atoms with E-state index in [0.717, 1.165) is 0 Å². The largest absolute Gasteiger partial charge is 0.506 e. The van der Waals surface area contributed by atoms with Gasteiger partial charge in [-0.15, -0.1) is 0 Å². The van der Waals surface area contributed by atoms with Crippen LogP contribution in [0.1, 0.15) is 10.5 Å². The van der Waals surface area contributed by atoms with Gasteiger partial charge in [0.15, 0.2) is 18.2 Å². The highest BCUT2D eigenvalue weighted by atomic mass is 35.5. The molecule has 0 unspecified atom stereocenters. The molecule has 0 aliphatic rings. The van der Waals surface area contributed by atoms with E-state index >= 15 is 0 Å². The van der Waals surface area contributed by atoms with Crippen LogP contribution in [0.2, 0.25) is 15.1 Å². The average molecular weight is 413 g/mol. The van der Waals surface area contributed by atoms with Crippen LogP contribution in [0, 0.1) is 0 Å². The summed E-state index contributed by atoms with van der Waals surface area (Å²) in [5, 5.41) is 17.5. The fourth-order valence-electron chi connectivity index (χ4n) is 2.10.